The van der Waals surface area contributed by atoms with Gasteiger partial charge in [0.25, 0.3) is 5.91 Å². The van der Waals surface area contributed by atoms with Crippen molar-refractivity contribution in [3.05, 3.63) is 29.5 Å². The Bertz CT molecular complexity index is 463. The lowest BCUT2D eigenvalue weighted by molar-refractivity contribution is -0.134. The van der Waals surface area contributed by atoms with E-state index in [9.17, 15) is 9.59 Å². The fourth-order valence-corrected chi connectivity index (χ4v) is 1.27. The highest BCUT2D eigenvalue weighted by Gasteiger charge is 2.15. The van der Waals surface area contributed by atoms with Crippen LogP contribution in [0.25, 0.3) is 0 Å². The van der Waals surface area contributed by atoms with E-state index >= 15 is 0 Å². The molecule has 0 saturated carbocycles. The summed E-state index contributed by atoms with van der Waals surface area (Å²) in [4.78, 5) is 26.6. The third-order valence-corrected chi connectivity index (χ3v) is 2.19. The van der Waals surface area contributed by atoms with Crippen LogP contribution in [-0.2, 0) is 16.0 Å². The number of amides is 1. The summed E-state index contributed by atoms with van der Waals surface area (Å²) in [5.41, 5.74) is 0.276. The summed E-state index contributed by atoms with van der Waals surface area (Å²) in [6.45, 7) is 3.80. The number of ether oxygens (including phenoxy) is 1. The van der Waals surface area contributed by atoms with Gasteiger partial charge in [0.1, 0.15) is 5.76 Å². The van der Waals surface area contributed by atoms with Gasteiger partial charge in [-0.3, -0.25) is 4.79 Å². The Kier molecular flexibility index (Phi) is 5.10. The zero-order valence-corrected chi connectivity index (χ0v) is 10.6. The van der Waals surface area contributed by atoms with Gasteiger partial charge in [0.2, 0.25) is 0 Å². The van der Waals surface area contributed by atoms with Gasteiger partial charge in [-0.05, 0) is 6.92 Å². The van der Waals surface area contributed by atoms with Gasteiger partial charge in [0.15, 0.2) is 11.6 Å². The number of esters is 1. The zero-order chi connectivity index (χ0) is 13.5. The van der Waals surface area contributed by atoms with E-state index in [2.05, 4.69) is 15.0 Å². The van der Waals surface area contributed by atoms with Crippen molar-refractivity contribution < 1.29 is 18.7 Å². The van der Waals surface area contributed by atoms with Gasteiger partial charge < -0.3 is 14.5 Å². The smallest absolute Gasteiger partial charge is 0.330 e. The summed E-state index contributed by atoms with van der Waals surface area (Å²) in [5, 5.41) is 2.60. The molecular weight excluding hydrogens is 236 g/mol. The molecule has 0 fully saturated rings. The van der Waals surface area contributed by atoms with Gasteiger partial charge in [-0.1, -0.05) is 13.0 Å². The maximum absolute atomic E-state index is 11.7. The molecule has 0 aliphatic heterocycles. The summed E-state index contributed by atoms with van der Waals surface area (Å²) >= 11 is 0. The molecule has 1 rings (SSSR count). The van der Waals surface area contributed by atoms with Gasteiger partial charge >= 0.3 is 5.97 Å². The van der Waals surface area contributed by atoms with E-state index in [4.69, 9.17) is 4.42 Å². The molecule has 0 aromatic carbocycles. The molecule has 0 atom stereocenters. The third kappa shape index (κ3) is 3.73. The lowest BCUT2D eigenvalue weighted by Crippen LogP contribution is -2.24. The molecule has 1 aromatic rings. The molecule has 6 nitrogen and oxygen atoms in total. The lowest BCUT2D eigenvalue weighted by atomic mass is 10.3. The van der Waals surface area contributed by atoms with Crippen LogP contribution < -0.4 is 5.32 Å². The van der Waals surface area contributed by atoms with E-state index < -0.39 is 5.97 Å². The highest BCUT2D eigenvalue weighted by Crippen LogP contribution is 2.09. The monoisotopic (exact) mass is 252 g/mol. The first-order valence-electron chi connectivity index (χ1n) is 5.57. The molecule has 0 bridgehead atoms. The molecule has 0 aliphatic carbocycles. The van der Waals surface area contributed by atoms with E-state index in [1.807, 2.05) is 6.92 Å². The first-order valence-corrected chi connectivity index (χ1v) is 5.57. The predicted octanol–water partition coefficient (Wildman–Crippen LogP) is 1.00. The lowest BCUT2D eigenvalue weighted by Gasteiger charge is -1.98. The summed E-state index contributed by atoms with van der Waals surface area (Å²) < 4.78 is 9.70. The molecule has 0 radical (unpaired) electrons. The number of methoxy groups -OCH3 is 1. The van der Waals surface area contributed by atoms with Gasteiger partial charge in [-0.2, -0.15) is 0 Å². The normalized spacial score (nSPS) is 10.6. The van der Waals surface area contributed by atoms with Gasteiger partial charge in [-0.25, -0.2) is 9.78 Å². The summed E-state index contributed by atoms with van der Waals surface area (Å²) in [7, 11) is 1.29. The van der Waals surface area contributed by atoms with Crippen LogP contribution >= 0.6 is 0 Å². The van der Waals surface area contributed by atoms with E-state index in [-0.39, 0.29) is 18.1 Å². The quantitative estimate of drug-likeness (QED) is 0.624. The molecule has 1 aromatic heterocycles. The minimum atomic E-state index is -0.463. The van der Waals surface area contributed by atoms with Crippen molar-refractivity contribution in [1.82, 2.24) is 10.3 Å². The van der Waals surface area contributed by atoms with Crippen LogP contribution in [0.5, 0.6) is 0 Å². The summed E-state index contributed by atoms with van der Waals surface area (Å²) in [5.74, 6) is 0.227. The van der Waals surface area contributed by atoms with Crippen molar-refractivity contribution in [3.63, 3.8) is 0 Å². The van der Waals surface area contributed by atoms with E-state index in [1.165, 1.54) is 19.3 Å². The second-order valence-electron chi connectivity index (χ2n) is 3.50. The van der Waals surface area contributed by atoms with Crippen molar-refractivity contribution in [2.24, 2.45) is 0 Å². The van der Waals surface area contributed by atoms with Crippen molar-refractivity contribution >= 4 is 11.9 Å². The average molecular weight is 252 g/mol. The van der Waals surface area contributed by atoms with Crippen molar-refractivity contribution in [2.75, 3.05) is 13.7 Å². The Labute approximate surface area is 105 Å². The highest BCUT2D eigenvalue weighted by atomic mass is 16.5. The van der Waals surface area contributed by atoms with E-state index in [1.54, 1.807) is 6.92 Å². The second-order valence-corrected chi connectivity index (χ2v) is 3.50. The first kappa shape index (κ1) is 14.0. The van der Waals surface area contributed by atoms with Crippen LogP contribution in [0, 0.1) is 6.92 Å². The maximum Gasteiger partial charge on any atom is 0.330 e. The molecule has 0 saturated heterocycles. The maximum atomic E-state index is 11.7. The summed E-state index contributed by atoms with van der Waals surface area (Å²) in [6, 6.07) is 0. The Hall–Kier alpha value is -2.11. The van der Waals surface area contributed by atoms with Gasteiger partial charge in [0, 0.05) is 19.0 Å². The van der Waals surface area contributed by atoms with Crippen molar-refractivity contribution in [1.29, 1.82) is 0 Å². The second kappa shape index (κ2) is 6.58. The van der Waals surface area contributed by atoms with Crippen LogP contribution in [0.1, 0.15) is 29.1 Å². The van der Waals surface area contributed by atoms with Crippen LogP contribution in [0.3, 0.4) is 0 Å². The zero-order valence-electron chi connectivity index (χ0n) is 10.6. The fraction of sp³-hybridized carbons (Fsp3) is 0.417. The number of aromatic nitrogens is 1. The Morgan fingerprint density at radius 3 is 2.78 bits per heavy atom. The van der Waals surface area contributed by atoms with Crippen molar-refractivity contribution in [3.8, 4) is 0 Å². The molecular formula is C12H16N2O4. The number of aryl methyl sites for hydroxylation is 2. The SMILES string of the molecule is CCc1nc(C(=O)NC/C=C/C(=O)OC)c(C)o1. The molecule has 98 valence electrons. The molecule has 0 unspecified atom stereocenters. The Morgan fingerprint density at radius 1 is 1.50 bits per heavy atom. The number of carbonyl (C=O) groups excluding carboxylic acids is 2. The fourth-order valence-electron chi connectivity index (χ4n) is 1.27. The first-order chi connectivity index (χ1) is 8.58. The molecule has 1 N–H and O–H groups in total. The number of hydrogen-bond acceptors (Lipinski definition) is 5. The third-order valence-electron chi connectivity index (χ3n) is 2.19. The van der Waals surface area contributed by atoms with E-state index in [0.29, 0.717) is 18.1 Å². The number of nitrogens with zero attached hydrogens (tertiary/aromatic N) is 1. The van der Waals surface area contributed by atoms with Crippen LogP contribution in [0.15, 0.2) is 16.6 Å². The predicted molar refractivity (Wildman–Crippen MR) is 64.1 cm³/mol. The number of oxazole rings is 1. The van der Waals surface area contributed by atoms with Crippen LogP contribution in [-0.4, -0.2) is 30.5 Å². The number of rotatable bonds is 5. The molecule has 0 spiro atoms. The Morgan fingerprint density at radius 2 is 2.22 bits per heavy atom. The molecule has 1 amide bonds. The van der Waals surface area contributed by atoms with Gasteiger partial charge in [0.05, 0.1) is 7.11 Å². The van der Waals surface area contributed by atoms with Crippen LogP contribution in [0.2, 0.25) is 0 Å². The standard InChI is InChI=1S/C12H16N2O4/c1-4-9-14-11(8(2)18-9)12(16)13-7-5-6-10(15)17-3/h5-6H,4,7H2,1-3H3,(H,13,16)/b6-5+. The van der Waals surface area contributed by atoms with Crippen LogP contribution in [0.4, 0.5) is 0 Å². The average Bonchev–Trinajstić information content (AvgIpc) is 2.75. The Balaban J connectivity index is 2.52. The molecule has 1 heterocycles. The molecule has 6 heteroatoms. The highest BCUT2D eigenvalue weighted by molar-refractivity contribution is 5.93. The topological polar surface area (TPSA) is 81.4 Å². The van der Waals surface area contributed by atoms with Gasteiger partial charge in [-0.15, -0.1) is 0 Å². The largest absolute Gasteiger partial charge is 0.466 e. The minimum absolute atomic E-state index is 0.224. The number of carbonyl (C=O) groups is 2. The molecule has 0 aliphatic rings. The van der Waals surface area contributed by atoms with Crippen molar-refractivity contribution in [2.45, 2.75) is 20.3 Å². The minimum Gasteiger partial charge on any atom is -0.466 e. The van der Waals surface area contributed by atoms with E-state index in [0.717, 1.165) is 0 Å². The summed E-state index contributed by atoms with van der Waals surface area (Å²) in [6.07, 6.45) is 3.38. The molecule has 18 heavy (non-hydrogen) atoms. The number of hydrogen-bond donors (Lipinski definition) is 1. The number of nitrogens with one attached hydrogen (secondary N) is 1.